The summed E-state index contributed by atoms with van der Waals surface area (Å²) in [5, 5.41) is 11.6. The summed E-state index contributed by atoms with van der Waals surface area (Å²) in [7, 11) is 1.74. The van der Waals surface area contributed by atoms with Gasteiger partial charge in [-0.05, 0) is 5.56 Å². The minimum atomic E-state index is -0.0547. The highest BCUT2D eigenvalue weighted by Crippen LogP contribution is 2.15. The van der Waals surface area contributed by atoms with Gasteiger partial charge in [-0.3, -0.25) is 4.79 Å². The van der Waals surface area contributed by atoms with Gasteiger partial charge in [-0.15, -0.1) is 10.2 Å². The van der Waals surface area contributed by atoms with Gasteiger partial charge < -0.3 is 14.8 Å². The third kappa shape index (κ3) is 3.64. The van der Waals surface area contributed by atoms with Crippen LogP contribution in [0.2, 0.25) is 0 Å². The third-order valence-corrected chi connectivity index (χ3v) is 4.72. The monoisotopic (exact) mass is 363 g/mol. The van der Waals surface area contributed by atoms with Crippen molar-refractivity contribution in [3.05, 3.63) is 65.5 Å². The molecule has 0 radical (unpaired) electrons. The Hall–Kier alpha value is -3.29. The predicted molar refractivity (Wildman–Crippen MR) is 100 cm³/mol. The molecule has 138 valence electrons. The van der Waals surface area contributed by atoms with Crippen LogP contribution in [0.5, 0.6) is 0 Å². The zero-order chi connectivity index (χ0) is 18.6. The van der Waals surface area contributed by atoms with E-state index in [9.17, 15) is 4.79 Å². The van der Waals surface area contributed by atoms with Gasteiger partial charge in [-0.25, -0.2) is 9.97 Å². The average Bonchev–Trinajstić information content (AvgIpc) is 2.96. The fraction of sp³-hybridized carbons (Fsp3) is 0.316. The zero-order valence-electron chi connectivity index (χ0n) is 15.2. The number of rotatable bonds is 4. The standard InChI is InChI=1S/C19H21N7O/c1-20-19-21-12-15(13-22-19)18(27)25-8-7-16-23-24-17(26(16)10-9-25)11-14-5-3-2-4-6-14/h2-6,12-13H,7-11H2,1H3,(H,20,21,22). The number of anilines is 1. The molecule has 8 nitrogen and oxygen atoms in total. The Balaban J connectivity index is 1.47. The van der Waals surface area contributed by atoms with E-state index in [0.29, 0.717) is 37.6 Å². The van der Waals surface area contributed by atoms with Gasteiger partial charge in [0.05, 0.1) is 5.56 Å². The molecule has 1 aromatic carbocycles. The van der Waals surface area contributed by atoms with E-state index in [1.807, 2.05) is 23.1 Å². The summed E-state index contributed by atoms with van der Waals surface area (Å²) in [6.45, 7) is 1.90. The summed E-state index contributed by atoms with van der Waals surface area (Å²) in [5.74, 6) is 2.31. The van der Waals surface area contributed by atoms with Crippen molar-refractivity contribution in [2.45, 2.75) is 19.4 Å². The molecule has 0 bridgehead atoms. The summed E-state index contributed by atoms with van der Waals surface area (Å²) in [6.07, 6.45) is 4.55. The van der Waals surface area contributed by atoms with Crippen LogP contribution in [0.1, 0.15) is 27.6 Å². The molecule has 8 heteroatoms. The number of hydrogen-bond acceptors (Lipinski definition) is 6. The highest BCUT2D eigenvalue weighted by Gasteiger charge is 2.23. The molecule has 1 aliphatic rings. The number of carbonyl (C=O) groups is 1. The van der Waals surface area contributed by atoms with E-state index in [4.69, 9.17) is 0 Å². The number of hydrogen-bond donors (Lipinski definition) is 1. The highest BCUT2D eigenvalue weighted by atomic mass is 16.2. The molecule has 0 saturated heterocycles. The van der Waals surface area contributed by atoms with Crippen LogP contribution in [-0.2, 0) is 19.4 Å². The van der Waals surface area contributed by atoms with Crippen LogP contribution in [0.3, 0.4) is 0 Å². The zero-order valence-corrected chi connectivity index (χ0v) is 15.2. The van der Waals surface area contributed by atoms with Gasteiger partial charge in [0.25, 0.3) is 5.91 Å². The van der Waals surface area contributed by atoms with E-state index in [-0.39, 0.29) is 5.91 Å². The van der Waals surface area contributed by atoms with Crippen molar-refractivity contribution in [1.29, 1.82) is 0 Å². The Morgan fingerprint density at radius 3 is 2.59 bits per heavy atom. The fourth-order valence-electron chi connectivity index (χ4n) is 3.25. The van der Waals surface area contributed by atoms with Crippen LogP contribution in [0.25, 0.3) is 0 Å². The summed E-state index contributed by atoms with van der Waals surface area (Å²) in [5.41, 5.74) is 1.70. The second-order valence-electron chi connectivity index (χ2n) is 6.43. The summed E-state index contributed by atoms with van der Waals surface area (Å²) >= 11 is 0. The molecule has 3 aromatic rings. The first-order valence-corrected chi connectivity index (χ1v) is 8.98. The Kier molecular flexibility index (Phi) is 4.78. The molecule has 3 heterocycles. The van der Waals surface area contributed by atoms with Gasteiger partial charge in [0.2, 0.25) is 5.95 Å². The van der Waals surface area contributed by atoms with Crippen LogP contribution in [-0.4, -0.2) is 55.7 Å². The molecule has 1 N–H and O–H groups in total. The van der Waals surface area contributed by atoms with E-state index in [1.54, 1.807) is 19.4 Å². The average molecular weight is 363 g/mol. The summed E-state index contributed by atoms with van der Waals surface area (Å²) in [4.78, 5) is 22.9. The lowest BCUT2D eigenvalue weighted by Gasteiger charge is -2.20. The van der Waals surface area contributed by atoms with Crippen molar-refractivity contribution in [1.82, 2.24) is 29.6 Å². The number of carbonyl (C=O) groups excluding carboxylic acids is 1. The van der Waals surface area contributed by atoms with Crippen LogP contribution < -0.4 is 5.32 Å². The topological polar surface area (TPSA) is 88.8 Å². The van der Waals surface area contributed by atoms with Gasteiger partial charge in [0.1, 0.15) is 11.6 Å². The minimum Gasteiger partial charge on any atom is -0.357 e. The number of benzene rings is 1. The predicted octanol–water partition coefficient (Wildman–Crippen LogP) is 1.40. The largest absolute Gasteiger partial charge is 0.357 e. The lowest BCUT2D eigenvalue weighted by Crippen LogP contribution is -2.34. The lowest BCUT2D eigenvalue weighted by atomic mass is 10.1. The van der Waals surface area contributed by atoms with Gasteiger partial charge in [0, 0.05) is 51.9 Å². The first kappa shape index (κ1) is 17.1. The molecule has 1 aliphatic heterocycles. The van der Waals surface area contributed by atoms with Crippen molar-refractivity contribution in [2.24, 2.45) is 0 Å². The molecule has 0 fully saturated rings. The van der Waals surface area contributed by atoms with Gasteiger partial charge >= 0.3 is 0 Å². The Bertz CT molecular complexity index is 921. The molecule has 0 atom stereocenters. The summed E-state index contributed by atoms with van der Waals surface area (Å²) in [6, 6.07) is 10.2. The van der Waals surface area contributed by atoms with E-state index >= 15 is 0 Å². The number of nitrogens with zero attached hydrogens (tertiary/aromatic N) is 6. The van der Waals surface area contributed by atoms with Crippen LogP contribution in [0.15, 0.2) is 42.7 Å². The number of aromatic nitrogens is 5. The Morgan fingerprint density at radius 2 is 1.85 bits per heavy atom. The van der Waals surface area contributed by atoms with Crippen molar-refractivity contribution < 1.29 is 4.79 Å². The van der Waals surface area contributed by atoms with E-state index < -0.39 is 0 Å². The van der Waals surface area contributed by atoms with Crippen molar-refractivity contribution in [3.8, 4) is 0 Å². The number of amides is 1. The van der Waals surface area contributed by atoms with E-state index in [0.717, 1.165) is 18.1 Å². The van der Waals surface area contributed by atoms with Crippen LogP contribution in [0.4, 0.5) is 5.95 Å². The minimum absolute atomic E-state index is 0.0547. The van der Waals surface area contributed by atoms with E-state index in [1.165, 1.54) is 5.56 Å². The van der Waals surface area contributed by atoms with Gasteiger partial charge in [-0.2, -0.15) is 0 Å². The maximum absolute atomic E-state index is 12.8. The molecule has 2 aromatic heterocycles. The van der Waals surface area contributed by atoms with Crippen molar-refractivity contribution in [2.75, 3.05) is 25.5 Å². The number of nitrogens with one attached hydrogen (secondary N) is 1. The second-order valence-corrected chi connectivity index (χ2v) is 6.43. The lowest BCUT2D eigenvalue weighted by molar-refractivity contribution is 0.0758. The SMILES string of the molecule is CNc1ncc(C(=O)N2CCc3nnc(Cc4ccccc4)n3CC2)cn1. The maximum Gasteiger partial charge on any atom is 0.257 e. The quantitative estimate of drug-likeness (QED) is 0.754. The molecule has 4 rings (SSSR count). The van der Waals surface area contributed by atoms with Gasteiger partial charge in [0.15, 0.2) is 0 Å². The molecule has 1 amide bonds. The second kappa shape index (κ2) is 7.53. The first-order chi connectivity index (χ1) is 13.2. The Morgan fingerprint density at radius 1 is 1.07 bits per heavy atom. The molecular weight excluding hydrogens is 342 g/mol. The molecule has 0 saturated carbocycles. The third-order valence-electron chi connectivity index (χ3n) is 4.72. The first-order valence-electron chi connectivity index (χ1n) is 8.98. The highest BCUT2D eigenvalue weighted by molar-refractivity contribution is 5.93. The molecular formula is C19H21N7O. The fourth-order valence-corrected chi connectivity index (χ4v) is 3.25. The molecule has 0 unspecified atom stereocenters. The number of fused-ring (bicyclic) bond motifs is 1. The van der Waals surface area contributed by atoms with Crippen molar-refractivity contribution >= 4 is 11.9 Å². The smallest absolute Gasteiger partial charge is 0.257 e. The molecule has 27 heavy (non-hydrogen) atoms. The summed E-state index contributed by atoms with van der Waals surface area (Å²) < 4.78 is 2.14. The Labute approximate surface area is 157 Å². The van der Waals surface area contributed by atoms with Crippen LogP contribution >= 0.6 is 0 Å². The maximum atomic E-state index is 12.8. The van der Waals surface area contributed by atoms with E-state index in [2.05, 4.69) is 42.2 Å². The molecule has 0 aliphatic carbocycles. The van der Waals surface area contributed by atoms with Gasteiger partial charge in [-0.1, -0.05) is 30.3 Å². The molecule has 0 spiro atoms. The van der Waals surface area contributed by atoms with Crippen molar-refractivity contribution in [3.63, 3.8) is 0 Å². The van der Waals surface area contributed by atoms with Crippen LogP contribution in [0, 0.1) is 0 Å². The normalized spacial score (nSPS) is 13.7.